The van der Waals surface area contributed by atoms with Crippen molar-refractivity contribution < 1.29 is 33.7 Å². The van der Waals surface area contributed by atoms with Gasteiger partial charge in [-0.3, -0.25) is 5.21 Å². The number of fused-ring (bicyclic) bond motifs is 1. The van der Waals surface area contributed by atoms with Gasteiger partial charge >= 0.3 is 12.0 Å². The van der Waals surface area contributed by atoms with Crippen molar-refractivity contribution in [2.24, 2.45) is 5.29 Å². The second-order valence-corrected chi connectivity index (χ2v) is 7.80. The normalized spacial score (nSPS) is 25.7. The third kappa shape index (κ3) is 5.43. The molecule has 0 saturated carbocycles. The van der Waals surface area contributed by atoms with Crippen molar-refractivity contribution in [1.82, 2.24) is 10.3 Å². The lowest BCUT2D eigenvalue weighted by atomic mass is 10.1. The molecule has 13 nitrogen and oxygen atoms in total. The Labute approximate surface area is 187 Å². The lowest BCUT2D eigenvalue weighted by Gasteiger charge is -2.25. The molecule has 14 heteroatoms. The van der Waals surface area contributed by atoms with Crippen molar-refractivity contribution >= 4 is 29.3 Å². The Kier molecular flexibility index (Phi) is 7.48. The van der Waals surface area contributed by atoms with Crippen molar-refractivity contribution in [1.29, 1.82) is 0 Å². The first-order valence-electron chi connectivity index (χ1n) is 9.57. The van der Waals surface area contributed by atoms with Gasteiger partial charge in [-0.25, -0.2) is 9.59 Å². The fourth-order valence-electron chi connectivity index (χ4n) is 3.35. The number of carbonyl (C=O) groups is 2. The number of alkyl halides is 1. The Morgan fingerprint density at radius 2 is 1.94 bits per heavy atom. The zero-order chi connectivity index (χ0) is 23.5. The number of amides is 2. The summed E-state index contributed by atoms with van der Waals surface area (Å²) >= 11 is 5.56. The summed E-state index contributed by atoms with van der Waals surface area (Å²) in [5, 5.41) is 25.1. The predicted octanol–water partition coefficient (Wildman–Crippen LogP) is 1.71. The highest BCUT2D eigenvalue weighted by Gasteiger charge is 2.56. The Bertz CT molecular complexity index is 838. The molecule has 0 bridgehead atoms. The number of nitrogens with one attached hydrogen (secondary N) is 1. The summed E-state index contributed by atoms with van der Waals surface area (Å²) < 4.78 is 22.7. The first-order chi connectivity index (χ1) is 15.1. The number of anilines is 1. The van der Waals surface area contributed by atoms with E-state index in [1.54, 1.807) is 13.8 Å². The van der Waals surface area contributed by atoms with Gasteiger partial charge in [0.1, 0.15) is 24.9 Å². The number of nitroso groups, excluding NO2 is 1. The molecule has 176 valence electrons. The summed E-state index contributed by atoms with van der Waals surface area (Å²) in [5.74, 6) is -1.67. The summed E-state index contributed by atoms with van der Waals surface area (Å²) in [6.45, 7) is 3.05. The van der Waals surface area contributed by atoms with Crippen LogP contribution >= 0.6 is 11.6 Å². The second kappa shape index (κ2) is 9.94. The van der Waals surface area contributed by atoms with E-state index >= 15 is 0 Å². The van der Waals surface area contributed by atoms with Gasteiger partial charge in [0.25, 0.3) is 0 Å². The zero-order valence-electron chi connectivity index (χ0n) is 17.2. The average Bonchev–Trinajstić information content (AvgIpc) is 3.23. The standard InChI is InChI=1S/C18H22ClN4O9/c1-18(2)31-13-12(9-29-16(24)10-3-5-11(6-4-10)23(27)28)30-15(14(13)32-18)20-17(25)22(21-26)8-7-19/h3-6,12-15,27H,7-9H2,1-2H3,(H,20,25)/q-1/t12-,13-,14-,15?/m1/s1. The van der Waals surface area contributed by atoms with E-state index < -0.39 is 42.3 Å². The van der Waals surface area contributed by atoms with Gasteiger partial charge in [0, 0.05) is 5.88 Å². The first kappa shape index (κ1) is 24.1. The molecule has 1 aromatic rings. The Morgan fingerprint density at radius 3 is 2.53 bits per heavy atom. The van der Waals surface area contributed by atoms with Crippen LogP contribution in [0, 0.1) is 10.1 Å². The molecule has 1 aromatic carbocycles. The highest BCUT2D eigenvalue weighted by molar-refractivity contribution is 6.18. The fourth-order valence-corrected chi connectivity index (χ4v) is 3.51. The maximum Gasteiger partial charge on any atom is 0.342 e. The van der Waals surface area contributed by atoms with Crippen molar-refractivity contribution in [2.75, 3.05) is 24.3 Å². The van der Waals surface area contributed by atoms with Crippen LogP contribution in [-0.4, -0.2) is 71.6 Å². The van der Waals surface area contributed by atoms with E-state index in [1.165, 1.54) is 24.3 Å². The number of carbonyl (C=O) groups excluding carboxylic acids is 2. The molecule has 0 aliphatic carbocycles. The minimum absolute atomic E-state index is 0.00802. The SMILES string of the molecule is CC1(C)O[C@@H]2[C@@H](COC(=O)c3ccc(N([O-])O)cc3)OC(NC(=O)N(CCCl)N=O)[C@@H]2O1. The molecule has 0 aromatic heterocycles. The molecule has 2 heterocycles. The van der Waals surface area contributed by atoms with Crippen LogP contribution < -0.4 is 10.5 Å². The van der Waals surface area contributed by atoms with Gasteiger partial charge in [-0.05, 0) is 38.1 Å². The monoisotopic (exact) mass is 473 g/mol. The van der Waals surface area contributed by atoms with Crippen LogP contribution in [0.25, 0.3) is 0 Å². The molecule has 4 atom stereocenters. The number of halogens is 1. The number of esters is 1. The lowest BCUT2D eigenvalue weighted by Crippen LogP contribution is -2.48. The van der Waals surface area contributed by atoms with Crippen LogP contribution in [0.4, 0.5) is 10.5 Å². The molecule has 32 heavy (non-hydrogen) atoms. The van der Waals surface area contributed by atoms with E-state index in [9.17, 15) is 19.7 Å². The molecule has 2 N–H and O–H groups in total. The number of hydrogen-bond acceptors (Lipinski definition) is 11. The Balaban J connectivity index is 1.64. The van der Waals surface area contributed by atoms with Gasteiger partial charge in [-0.2, -0.15) is 5.01 Å². The summed E-state index contributed by atoms with van der Waals surface area (Å²) in [6.07, 6.45) is -3.17. The number of hydrogen-bond donors (Lipinski definition) is 2. The highest BCUT2D eigenvalue weighted by atomic mass is 35.5. The van der Waals surface area contributed by atoms with Gasteiger partial charge < -0.3 is 34.7 Å². The van der Waals surface area contributed by atoms with Gasteiger partial charge in [-0.15, -0.1) is 16.5 Å². The van der Waals surface area contributed by atoms with Gasteiger partial charge in [-0.1, -0.05) is 0 Å². The fraction of sp³-hybridized carbons (Fsp3) is 0.556. The average molecular weight is 474 g/mol. The molecule has 2 aliphatic heterocycles. The highest BCUT2D eigenvalue weighted by Crippen LogP contribution is 2.38. The van der Waals surface area contributed by atoms with E-state index in [0.29, 0.717) is 5.01 Å². The minimum Gasteiger partial charge on any atom is -0.733 e. The lowest BCUT2D eigenvalue weighted by molar-refractivity contribution is -0.192. The summed E-state index contributed by atoms with van der Waals surface area (Å²) in [7, 11) is 0. The molecule has 2 amide bonds. The zero-order valence-corrected chi connectivity index (χ0v) is 17.9. The van der Waals surface area contributed by atoms with Crippen molar-refractivity contribution in [2.45, 2.75) is 44.2 Å². The van der Waals surface area contributed by atoms with E-state index in [2.05, 4.69) is 10.6 Å². The van der Waals surface area contributed by atoms with Crippen LogP contribution in [0.3, 0.4) is 0 Å². The third-order valence-electron chi connectivity index (χ3n) is 4.75. The minimum atomic E-state index is -0.996. The molecule has 0 radical (unpaired) electrons. The predicted molar refractivity (Wildman–Crippen MR) is 109 cm³/mol. The Morgan fingerprint density at radius 1 is 1.28 bits per heavy atom. The maximum atomic E-state index is 12.3. The molecule has 1 unspecified atom stereocenters. The van der Waals surface area contributed by atoms with Crippen LogP contribution in [-0.2, 0) is 18.9 Å². The summed E-state index contributed by atoms with van der Waals surface area (Å²) in [4.78, 5) is 35.4. The van der Waals surface area contributed by atoms with Crippen LogP contribution in [0.2, 0.25) is 0 Å². The summed E-state index contributed by atoms with van der Waals surface area (Å²) in [6, 6.07) is 4.31. The maximum absolute atomic E-state index is 12.3. The summed E-state index contributed by atoms with van der Waals surface area (Å²) in [5.41, 5.74) is 0.0987. The first-order valence-corrected chi connectivity index (χ1v) is 10.1. The van der Waals surface area contributed by atoms with Crippen LogP contribution in [0.1, 0.15) is 24.2 Å². The van der Waals surface area contributed by atoms with E-state index in [0.717, 1.165) is 0 Å². The molecule has 2 fully saturated rings. The second-order valence-electron chi connectivity index (χ2n) is 7.42. The third-order valence-corrected chi connectivity index (χ3v) is 4.92. The largest absolute Gasteiger partial charge is 0.733 e. The van der Waals surface area contributed by atoms with Crippen molar-refractivity contribution in [3.63, 3.8) is 0 Å². The molecule has 0 spiro atoms. The van der Waals surface area contributed by atoms with E-state index in [-0.39, 0.29) is 35.5 Å². The molecule has 2 saturated heterocycles. The molecule has 2 aliphatic rings. The number of ether oxygens (including phenoxy) is 4. The molecular formula is C18H22ClN4O9-. The quantitative estimate of drug-likeness (QED) is 0.246. The number of benzene rings is 1. The van der Waals surface area contributed by atoms with E-state index in [1.807, 2.05) is 0 Å². The van der Waals surface area contributed by atoms with Gasteiger partial charge in [0.15, 0.2) is 12.0 Å². The van der Waals surface area contributed by atoms with Crippen LogP contribution in [0.15, 0.2) is 29.6 Å². The molecular weight excluding hydrogens is 452 g/mol. The Hall–Kier alpha value is -2.55. The number of urea groups is 1. The van der Waals surface area contributed by atoms with Crippen LogP contribution in [0.5, 0.6) is 0 Å². The molecule has 3 rings (SSSR count). The number of rotatable bonds is 8. The van der Waals surface area contributed by atoms with Gasteiger partial charge in [0.05, 0.1) is 23.1 Å². The topological polar surface area (TPSA) is 162 Å². The smallest absolute Gasteiger partial charge is 0.342 e. The van der Waals surface area contributed by atoms with E-state index in [4.69, 9.17) is 35.8 Å². The van der Waals surface area contributed by atoms with Crippen molar-refractivity contribution in [3.05, 3.63) is 39.9 Å². The number of nitrogens with zero attached hydrogens (tertiary/aromatic N) is 3. The van der Waals surface area contributed by atoms with Gasteiger partial charge in [0.2, 0.25) is 0 Å². The van der Waals surface area contributed by atoms with Crippen molar-refractivity contribution in [3.8, 4) is 0 Å².